The highest BCUT2D eigenvalue weighted by Crippen LogP contribution is 2.23. The van der Waals surface area contributed by atoms with E-state index < -0.39 is 22.9 Å². The summed E-state index contributed by atoms with van der Waals surface area (Å²) in [6.07, 6.45) is -1.20. The monoisotopic (exact) mass is 410 g/mol. The molecule has 0 spiro atoms. The molecule has 0 aliphatic rings. The van der Waals surface area contributed by atoms with Crippen molar-refractivity contribution in [3.8, 4) is 5.75 Å². The maximum absolute atomic E-state index is 12.3. The lowest BCUT2D eigenvalue weighted by molar-refractivity contribution is -0.383. The van der Waals surface area contributed by atoms with Crippen molar-refractivity contribution < 1.29 is 28.4 Å². The van der Waals surface area contributed by atoms with E-state index in [1.54, 1.807) is 24.3 Å². The SMILES string of the molecule is C[C@@H](OC(=O)c1ccc(COc2ccccc2)o1)C(=O)Nc1ccccc1[N+](=O)[O-]. The molecule has 1 amide bonds. The molecule has 3 aromatic rings. The summed E-state index contributed by atoms with van der Waals surface area (Å²) in [4.78, 5) is 34.9. The first-order chi connectivity index (χ1) is 14.4. The fourth-order valence-electron chi connectivity index (χ4n) is 2.48. The van der Waals surface area contributed by atoms with Crippen molar-refractivity contribution in [2.75, 3.05) is 5.32 Å². The number of furan rings is 1. The van der Waals surface area contributed by atoms with Crippen LogP contribution in [-0.4, -0.2) is 22.9 Å². The van der Waals surface area contributed by atoms with E-state index in [9.17, 15) is 19.7 Å². The van der Waals surface area contributed by atoms with Crippen LogP contribution in [0.3, 0.4) is 0 Å². The van der Waals surface area contributed by atoms with Crippen molar-refractivity contribution in [2.45, 2.75) is 19.6 Å². The fourth-order valence-corrected chi connectivity index (χ4v) is 2.48. The summed E-state index contributed by atoms with van der Waals surface area (Å²) in [5.74, 6) is -0.587. The molecule has 0 unspecified atom stereocenters. The molecule has 30 heavy (non-hydrogen) atoms. The maximum atomic E-state index is 12.3. The predicted octanol–water partition coefficient (Wildman–Crippen LogP) is 3.95. The molecule has 0 saturated carbocycles. The van der Waals surface area contributed by atoms with Crippen LogP contribution in [0, 0.1) is 10.1 Å². The molecule has 0 radical (unpaired) electrons. The molecule has 0 bridgehead atoms. The van der Waals surface area contributed by atoms with Gasteiger partial charge in [-0.1, -0.05) is 30.3 Å². The third-order valence-electron chi connectivity index (χ3n) is 4.00. The van der Waals surface area contributed by atoms with Crippen molar-refractivity contribution in [1.82, 2.24) is 0 Å². The van der Waals surface area contributed by atoms with Gasteiger partial charge < -0.3 is 19.2 Å². The van der Waals surface area contributed by atoms with E-state index in [2.05, 4.69) is 5.32 Å². The predicted molar refractivity (Wildman–Crippen MR) is 106 cm³/mol. The van der Waals surface area contributed by atoms with Crippen LogP contribution < -0.4 is 10.1 Å². The number of esters is 1. The normalized spacial score (nSPS) is 11.4. The lowest BCUT2D eigenvalue weighted by atomic mass is 10.2. The van der Waals surface area contributed by atoms with Crippen molar-refractivity contribution in [1.29, 1.82) is 0 Å². The van der Waals surface area contributed by atoms with Crippen LogP contribution in [0.25, 0.3) is 0 Å². The Morgan fingerprint density at radius 3 is 2.50 bits per heavy atom. The first kappa shape index (κ1) is 20.6. The molecule has 1 N–H and O–H groups in total. The Labute approximate surface area is 171 Å². The minimum absolute atomic E-state index is 0.00810. The molecular weight excluding hydrogens is 392 g/mol. The number of nitrogens with one attached hydrogen (secondary N) is 1. The van der Waals surface area contributed by atoms with Crippen molar-refractivity contribution in [3.63, 3.8) is 0 Å². The molecule has 1 aromatic heterocycles. The van der Waals surface area contributed by atoms with Crippen LogP contribution >= 0.6 is 0 Å². The van der Waals surface area contributed by atoms with Crippen LogP contribution in [0.15, 0.2) is 71.1 Å². The smallest absolute Gasteiger partial charge is 0.375 e. The van der Waals surface area contributed by atoms with Gasteiger partial charge in [0.05, 0.1) is 4.92 Å². The zero-order valence-electron chi connectivity index (χ0n) is 15.9. The molecule has 9 heteroatoms. The highest BCUT2D eigenvalue weighted by molar-refractivity contribution is 5.98. The van der Waals surface area contributed by atoms with E-state index in [0.29, 0.717) is 11.5 Å². The van der Waals surface area contributed by atoms with Gasteiger partial charge in [-0.25, -0.2) is 4.79 Å². The number of para-hydroxylation sites is 3. The maximum Gasteiger partial charge on any atom is 0.375 e. The summed E-state index contributed by atoms with van der Waals surface area (Å²) in [7, 11) is 0. The number of hydrogen-bond acceptors (Lipinski definition) is 7. The number of amides is 1. The summed E-state index contributed by atoms with van der Waals surface area (Å²) in [6.45, 7) is 1.47. The minimum Gasteiger partial charge on any atom is -0.486 e. The van der Waals surface area contributed by atoms with Gasteiger partial charge in [0.15, 0.2) is 6.10 Å². The van der Waals surface area contributed by atoms with Crippen LogP contribution in [0.4, 0.5) is 11.4 Å². The largest absolute Gasteiger partial charge is 0.486 e. The Morgan fingerprint density at radius 1 is 1.07 bits per heavy atom. The first-order valence-electron chi connectivity index (χ1n) is 8.96. The van der Waals surface area contributed by atoms with Gasteiger partial charge in [-0.2, -0.15) is 0 Å². The van der Waals surface area contributed by atoms with Crippen LogP contribution in [-0.2, 0) is 16.1 Å². The van der Waals surface area contributed by atoms with Crippen LogP contribution in [0.1, 0.15) is 23.2 Å². The second kappa shape index (κ2) is 9.37. The Balaban J connectivity index is 1.56. The van der Waals surface area contributed by atoms with E-state index in [4.69, 9.17) is 13.9 Å². The Kier molecular flexibility index (Phi) is 6.43. The molecule has 1 heterocycles. The first-order valence-corrected chi connectivity index (χ1v) is 8.96. The number of hydrogen-bond donors (Lipinski definition) is 1. The highest BCUT2D eigenvalue weighted by Gasteiger charge is 2.23. The highest BCUT2D eigenvalue weighted by atomic mass is 16.6. The quantitative estimate of drug-likeness (QED) is 0.339. The van der Waals surface area contributed by atoms with E-state index in [1.807, 2.05) is 18.2 Å². The molecule has 0 fully saturated rings. The average molecular weight is 410 g/mol. The number of anilines is 1. The number of ether oxygens (including phenoxy) is 2. The summed E-state index contributed by atoms with van der Waals surface area (Å²) in [5, 5.41) is 13.4. The summed E-state index contributed by atoms with van der Waals surface area (Å²) in [5.41, 5.74) is -0.257. The zero-order valence-corrected chi connectivity index (χ0v) is 15.9. The number of nitro benzene ring substituents is 1. The van der Waals surface area contributed by atoms with Gasteiger partial charge in [-0.3, -0.25) is 14.9 Å². The third-order valence-corrected chi connectivity index (χ3v) is 4.00. The van der Waals surface area contributed by atoms with Gasteiger partial charge in [-0.05, 0) is 37.3 Å². The second-order valence-electron chi connectivity index (χ2n) is 6.18. The van der Waals surface area contributed by atoms with Gasteiger partial charge in [0.1, 0.15) is 23.8 Å². The van der Waals surface area contributed by atoms with Gasteiger partial charge in [0.2, 0.25) is 5.76 Å². The molecule has 9 nitrogen and oxygen atoms in total. The van der Waals surface area contributed by atoms with Crippen LogP contribution in [0.2, 0.25) is 0 Å². The second-order valence-corrected chi connectivity index (χ2v) is 6.18. The molecule has 2 aromatic carbocycles. The standard InChI is InChI=1S/C21H18N2O7/c1-14(20(24)22-17-9-5-6-10-18(17)23(26)27)29-21(25)19-12-11-16(30-19)13-28-15-7-3-2-4-8-15/h2-12,14H,13H2,1H3,(H,22,24)/t14-/m1/s1. The van der Waals surface area contributed by atoms with Crippen LogP contribution in [0.5, 0.6) is 5.75 Å². The Hall–Kier alpha value is -4.14. The fraction of sp³-hybridized carbons (Fsp3) is 0.143. The number of carbonyl (C=O) groups is 2. The minimum atomic E-state index is -1.20. The number of carbonyl (C=O) groups excluding carboxylic acids is 2. The molecular formula is C21H18N2O7. The van der Waals surface area contributed by atoms with E-state index in [0.717, 1.165) is 0 Å². The number of benzene rings is 2. The zero-order chi connectivity index (χ0) is 21.5. The molecule has 0 aliphatic heterocycles. The lowest BCUT2D eigenvalue weighted by Crippen LogP contribution is -2.30. The lowest BCUT2D eigenvalue weighted by Gasteiger charge is -2.12. The van der Waals surface area contributed by atoms with Crippen molar-refractivity contribution in [2.24, 2.45) is 0 Å². The van der Waals surface area contributed by atoms with Gasteiger partial charge in [0.25, 0.3) is 11.6 Å². The van der Waals surface area contributed by atoms with Gasteiger partial charge in [-0.15, -0.1) is 0 Å². The van der Waals surface area contributed by atoms with Gasteiger partial charge >= 0.3 is 5.97 Å². The third kappa shape index (κ3) is 5.22. The van der Waals surface area contributed by atoms with E-state index in [1.165, 1.54) is 31.2 Å². The number of rotatable bonds is 8. The topological polar surface area (TPSA) is 121 Å². The molecule has 0 saturated heterocycles. The van der Waals surface area contributed by atoms with E-state index in [-0.39, 0.29) is 23.7 Å². The van der Waals surface area contributed by atoms with Crippen molar-refractivity contribution >= 4 is 23.3 Å². The summed E-state index contributed by atoms with van der Waals surface area (Å²) in [6, 6.07) is 17.7. The van der Waals surface area contributed by atoms with Gasteiger partial charge in [0, 0.05) is 6.07 Å². The number of nitrogens with zero attached hydrogens (tertiary/aromatic N) is 1. The Morgan fingerprint density at radius 2 is 1.77 bits per heavy atom. The molecule has 154 valence electrons. The average Bonchev–Trinajstić information content (AvgIpc) is 3.22. The summed E-state index contributed by atoms with van der Waals surface area (Å²) < 4.78 is 16.0. The van der Waals surface area contributed by atoms with Crippen molar-refractivity contribution in [3.05, 3.63) is 88.4 Å². The summed E-state index contributed by atoms with van der Waals surface area (Å²) >= 11 is 0. The van der Waals surface area contributed by atoms with E-state index >= 15 is 0 Å². The molecule has 3 rings (SSSR count). The molecule has 0 aliphatic carbocycles. The number of nitro groups is 1. The Bertz CT molecular complexity index is 1050. The molecule has 1 atom stereocenters.